The quantitative estimate of drug-likeness (QED) is 0.844. The number of hydrogen-bond donors (Lipinski definition) is 2. The van der Waals surface area contributed by atoms with Crippen molar-refractivity contribution >= 4 is 22.0 Å². The summed E-state index contributed by atoms with van der Waals surface area (Å²) in [6, 6.07) is 6.46. The molecular weight excluding hydrogens is 332 g/mol. The van der Waals surface area contributed by atoms with Crippen molar-refractivity contribution in [3.63, 3.8) is 0 Å². The van der Waals surface area contributed by atoms with Gasteiger partial charge >= 0.3 is 6.09 Å². The third-order valence-corrected chi connectivity index (χ3v) is 3.70. The van der Waals surface area contributed by atoms with Crippen LogP contribution in [0.4, 0.5) is 4.79 Å². The van der Waals surface area contributed by atoms with Crippen LogP contribution in [0.15, 0.2) is 22.7 Å². The highest BCUT2D eigenvalue weighted by atomic mass is 79.9. The number of hydrogen-bond acceptors (Lipinski definition) is 3. The van der Waals surface area contributed by atoms with Crippen molar-refractivity contribution in [3.8, 4) is 0 Å². The zero-order valence-corrected chi connectivity index (χ0v) is 15.0. The number of benzene rings is 1. The molecule has 4 nitrogen and oxygen atoms in total. The van der Waals surface area contributed by atoms with E-state index in [4.69, 9.17) is 4.74 Å². The Balaban J connectivity index is 2.32. The second-order valence-electron chi connectivity index (χ2n) is 6.25. The zero-order valence-electron chi connectivity index (χ0n) is 13.4. The molecule has 118 valence electrons. The van der Waals surface area contributed by atoms with Crippen molar-refractivity contribution in [2.24, 2.45) is 0 Å². The fourth-order valence-corrected chi connectivity index (χ4v) is 2.09. The maximum Gasteiger partial charge on any atom is 0.407 e. The molecule has 1 aromatic rings. The molecule has 1 atom stereocenters. The number of carbonyl (C=O) groups is 1. The molecule has 5 heteroatoms. The molecule has 21 heavy (non-hydrogen) atoms. The lowest BCUT2D eigenvalue weighted by atomic mass is 10.1. The second kappa shape index (κ2) is 7.80. The summed E-state index contributed by atoms with van der Waals surface area (Å²) >= 11 is 3.53. The predicted molar refractivity (Wildman–Crippen MR) is 89.4 cm³/mol. The number of nitrogens with one attached hydrogen (secondary N) is 2. The van der Waals surface area contributed by atoms with Crippen LogP contribution in [0.5, 0.6) is 0 Å². The van der Waals surface area contributed by atoms with E-state index in [1.807, 2.05) is 27.7 Å². The SMILES string of the molecule is Cc1ccc(CNC(C)CNC(=O)OC(C)(C)C)cc1Br. The van der Waals surface area contributed by atoms with E-state index in [2.05, 4.69) is 51.7 Å². The molecule has 0 fully saturated rings. The minimum absolute atomic E-state index is 0.164. The predicted octanol–water partition coefficient (Wildman–Crippen LogP) is 3.76. The highest BCUT2D eigenvalue weighted by molar-refractivity contribution is 9.10. The van der Waals surface area contributed by atoms with Gasteiger partial charge < -0.3 is 15.4 Å². The molecule has 1 unspecified atom stereocenters. The molecule has 0 radical (unpaired) electrons. The van der Waals surface area contributed by atoms with E-state index in [-0.39, 0.29) is 12.1 Å². The Kier molecular flexibility index (Phi) is 6.68. The van der Waals surface area contributed by atoms with Crippen LogP contribution in [-0.2, 0) is 11.3 Å². The summed E-state index contributed by atoms with van der Waals surface area (Å²) in [4.78, 5) is 11.6. The van der Waals surface area contributed by atoms with Crippen molar-refractivity contribution in [3.05, 3.63) is 33.8 Å². The van der Waals surface area contributed by atoms with E-state index in [1.165, 1.54) is 11.1 Å². The molecule has 0 aliphatic heterocycles. The van der Waals surface area contributed by atoms with Gasteiger partial charge in [-0.2, -0.15) is 0 Å². The number of aryl methyl sites for hydroxylation is 1. The van der Waals surface area contributed by atoms with E-state index >= 15 is 0 Å². The Morgan fingerprint density at radius 3 is 2.62 bits per heavy atom. The standard InChI is InChI=1S/C16H25BrN2O2/c1-11-6-7-13(8-14(11)17)10-18-12(2)9-19-15(20)21-16(3,4)5/h6-8,12,18H,9-10H2,1-5H3,(H,19,20). The van der Waals surface area contributed by atoms with E-state index in [9.17, 15) is 4.79 Å². The van der Waals surface area contributed by atoms with Gasteiger partial charge in [-0.3, -0.25) is 0 Å². The van der Waals surface area contributed by atoms with Gasteiger partial charge in [0.2, 0.25) is 0 Å². The molecule has 0 saturated heterocycles. The summed E-state index contributed by atoms with van der Waals surface area (Å²) in [6.45, 7) is 10.9. The second-order valence-corrected chi connectivity index (χ2v) is 7.10. The van der Waals surface area contributed by atoms with Gasteiger partial charge in [0.25, 0.3) is 0 Å². The Morgan fingerprint density at radius 1 is 1.38 bits per heavy atom. The van der Waals surface area contributed by atoms with Gasteiger partial charge in [0.05, 0.1) is 0 Å². The van der Waals surface area contributed by atoms with Crippen molar-refractivity contribution in [1.82, 2.24) is 10.6 Å². The highest BCUT2D eigenvalue weighted by Gasteiger charge is 2.16. The molecular formula is C16H25BrN2O2. The van der Waals surface area contributed by atoms with Crippen LogP contribution in [0.1, 0.15) is 38.8 Å². The lowest BCUT2D eigenvalue weighted by Crippen LogP contribution is -2.41. The largest absolute Gasteiger partial charge is 0.444 e. The topological polar surface area (TPSA) is 50.4 Å². The first-order valence-electron chi connectivity index (χ1n) is 7.12. The van der Waals surface area contributed by atoms with Crippen LogP contribution in [0.2, 0.25) is 0 Å². The van der Waals surface area contributed by atoms with Gasteiger partial charge in [0, 0.05) is 23.6 Å². The molecule has 0 aromatic heterocycles. The number of amides is 1. The van der Waals surface area contributed by atoms with E-state index < -0.39 is 5.60 Å². The lowest BCUT2D eigenvalue weighted by molar-refractivity contribution is 0.0523. The fourth-order valence-electron chi connectivity index (χ4n) is 1.66. The number of ether oxygens (including phenoxy) is 1. The van der Waals surface area contributed by atoms with Crippen molar-refractivity contribution in [1.29, 1.82) is 0 Å². The fraction of sp³-hybridized carbons (Fsp3) is 0.562. The van der Waals surface area contributed by atoms with Gasteiger partial charge in [-0.25, -0.2) is 4.79 Å². The zero-order chi connectivity index (χ0) is 16.0. The first-order chi connectivity index (χ1) is 9.67. The van der Waals surface area contributed by atoms with Gasteiger partial charge in [0.15, 0.2) is 0 Å². The maximum absolute atomic E-state index is 11.6. The normalized spacial score (nSPS) is 12.9. The Labute approximate surface area is 135 Å². The van der Waals surface area contributed by atoms with E-state index in [0.717, 1.165) is 11.0 Å². The van der Waals surface area contributed by atoms with E-state index in [1.54, 1.807) is 0 Å². The van der Waals surface area contributed by atoms with Gasteiger partial charge in [-0.1, -0.05) is 28.1 Å². The van der Waals surface area contributed by atoms with Crippen LogP contribution in [0, 0.1) is 6.92 Å². The van der Waals surface area contributed by atoms with E-state index in [0.29, 0.717) is 6.54 Å². The first kappa shape index (κ1) is 18.0. The van der Waals surface area contributed by atoms with Crippen molar-refractivity contribution in [2.75, 3.05) is 6.54 Å². The minimum atomic E-state index is -0.463. The lowest BCUT2D eigenvalue weighted by Gasteiger charge is -2.21. The summed E-state index contributed by atoms with van der Waals surface area (Å²) < 4.78 is 6.31. The number of halogens is 1. The third-order valence-electron chi connectivity index (χ3n) is 2.84. The molecule has 0 aliphatic carbocycles. The highest BCUT2D eigenvalue weighted by Crippen LogP contribution is 2.17. The van der Waals surface area contributed by atoms with Crippen molar-refractivity contribution < 1.29 is 9.53 Å². The summed E-state index contributed by atoms with van der Waals surface area (Å²) in [6.07, 6.45) is -0.380. The molecule has 1 aromatic carbocycles. The number of rotatable bonds is 5. The maximum atomic E-state index is 11.6. The van der Waals surface area contributed by atoms with Crippen LogP contribution >= 0.6 is 15.9 Å². The Hall–Kier alpha value is -1.07. The first-order valence-corrected chi connectivity index (χ1v) is 7.92. The van der Waals surface area contributed by atoms with Gasteiger partial charge in [-0.05, 0) is 51.8 Å². The number of alkyl carbamates (subject to hydrolysis) is 1. The van der Waals surface area contributed by atoms with Crippen LogP contribution in [0.3, 0.4) is 0 Å². The summed E-state index contributed by atoms with van der Waals surface area (Å²) in [5.41, 5.74) is 1.96. The van der Waals surface area contributed by atoms with Crippen LogP contribution in [-0.4, -0.2) is 24.3 Å². The molecule has 0 bridgehead atoms. The average Bonchev–Trinajstić information content (AvgIpc) is 2.36. The van der Waals surface area contributed by atoms with Crippen LogP contribution < -0.4 is 10.6 Å². The smallest absolute Gasteiger partial charge is 0.407 e. The van der Waals surface area contributed by atoms with Crippen molar-refractivity contribution in [2.45, 2.75) is 52.8 Å². The minimum Gasteiger partial charge on any atom is -0.444 e. The molecule has 0 saturated carbocycles. The van der Waals surface area contributed by atoms with Gasteiger partial charge in [-0.15, -0.1) is 0 Å². The average molecular weight is 357 g/mol. The third kappa shape index (κ3) is 7.48. The molecule has 0 spiro atoms. The molecule has 0 heterocycles. The van der Waals surface area contributed by atoms with Gasteiger partial charge in [0.1, 0.15) is 5.60 Å². The summed E-state index contributed by atoms with van der Waals surface area (Å²) in [7, 11) is 0. The number of carbonyl (C=O) groups excluding carboxylic acids is 1. The summed E-state index contributed by atoms with van der Waals surface area (Å²) in [5, 5.41) is 6.14. The summed E-state index contributed by atoms with van der Waals surface area (Å²) in [5.74, 6) is 0. The molecule has 1 amide bonds. The monoisotopic (exact) mass is 356 g/mol. The molecule has 2 N–H and O–H groups in total. The molecule has 0 aliphatic rings. The van der Waals surface area contributed by atoms with Crippen LogP contribution in [0.25, 0.3) is 0 Å². The molecule has 1 rings (SSSR count). The Morgan fingerprint density at radius 2 is 2.05 bits per heavy atom. The Bertz CT molecular complexity index is 484.